The third kappa shape index (κ3) is 2.99. The van der Waals surface area contributed by atoms with Gasteiger partial charge in [-0.15, -0.1) is 0 Å². The Morgan fingerprint density at radius 2 is 2.29 bits per heavy atom. The van der Waals surface area contributed by atoms with Gasteiger partial charge in [-0.25, -0.2) is 0 Å². The lowest BCUT2D eigenvalue weighted by Crippen LogP contribution is -2.44. The Morgan fingerprint density at radius 3 is 3.06 bits per heavy atom. The van der Waals surface area contributed by atoms with E-state index in [4.69, 9.17) is 4.74 Å². The van der Waals surface area contributed by atoms with Crippen molar-refractivity contribution in [2.24, 2.45) is 0 Å². The molecule has 0 radical (unpaired) electrons. The van der Waals surface area contributed by atoms with Crippen LogP contribution in [0.5, 0.6) is 5.75 Å². The summed E-state index contributed by atoms with van der Waals surface area (Å²) in [6.45, 7) is 7.61. The second kappa shape index (κ2) is 5.52. The van der Waals surface area contributed by atoms with Crippen LogP contribution < -0.4 is 0 Å². The van der Waals surface area contributed by atoms with Gasteiger partial charge in [0, 0.05) is 24.7 Å². The molecule has 0 aromatic heterocycles. The van der Waals surface area contributed by atoms with Crippen LogP contribution in [0.15, 0.2) is 18.2 Å². The number of phenolic OH excluding ortho intramolecular Hbond substituents is 1. The first-order valence-corrected chi connectivity index (χ1v) is 6.31. The highest BCUT2D eigenvalue weighted by molar-refractivity contribution is 5.35. The van der Waals surface area contributed by atoms with Crippen molar-refractivity contribution in [3.63, 3.8) is 0 Å². The van der Waals surface area contributed by atoms with E-state index in [0.29, 0.717) is 11.8 Å². The molecule has 1 heterocycles. The van der Waals surface area contributed by atoms with E-state index in [2.05, 4.69) is 24.8 Å². The van der Waals surface area contributed by atoms with Crippen LogP contribution in [0.25, 0.3) is 0 Å². The molecule has 1 aliphatic heterocycles. The van der Waals surface area contributed by atoms with Gasteiger partial charge in [-0.05, 0) is 19.4 Å². The van der Waals surface area contributed by atoms with Gasteiger partial charge in [0.25, 0.3) is 0 Å². The number of aromatic hydroxyl groups is 1. The Hall–Kier alpha value is -1.06. The number of aryl methyl sites for hydroxylation is 1. The summed E-state index contributed by atoms with van der Waals surface area (Å²) in [6, 6.07) is 6.27. The normalized spacial score (nSPS) is 21.6. The summed E-state index contributed by atoms with van der Waals surface area (Å²) in [5.74, 6) is 0.400. The van der Waals surface area contributed by atoms with Crippen LogP contribution in [-0.4, -0.2) is 35.8 Å². The number of hydrogen-bond donors (Lipinski definition) is 1. The second-order valence-electron chi connectivity index (χ2n) is 4.74. The predicted octanol–water partition coefficient (Wildman–Crippen LogP) is 2.31. The second-order valence-corrected chi connectivity index (χ2v) is 4.74. The van der Waals surface area contributed by atoms with Crippen LogP contribution in [-0.2, 0) is 11.3 Å². The first kappa shape index (κ1) is 12.4. The molecule has 1 saturated heterocycles. The Kier molecular flexibility index (Phi) is 4.02. The van der Waals surface area contributed by atoms with Gasteiger partial charge in [0.15, 0.2) is 0 Å². The van der Waals surface area contributed by atoms with Crippen molar-refractivity contribution in [1.29, 1.82) is 0 Å². The maximum absolute atomic E-state index is 9.87. The molecule has 3 nitrogen and oxygen atoms in total. The summed E-state index contributed by atoms with van der Waals surface area (Å²) in [5, 5.41) is 9.87. The molecule has 1 atom stereocenters. The number of phenols is 1. The minimum atomic E-state index is 0.400. The van der Waals surface area contributed by atoms with Gasteiger partial charge in [-0.3, -0.25) is 4.90 Å². The van der Waals surface area contributed by atoms with Crippen molar-refractivity contribution >= 4 is 0 Å². The molecule has 1 unspecified atom stereocenters. The van der Waals surface area contributed by atoms with Crippen LogP contribution in [0.1, 0.15) is 24.5 Å². The summed E-state index contributed by atoms with van der Waals surface area (Å²) in [6.07, 6.45) is 1.09. The fourth-order valence-corrected chi connectivity index (χ4v) is 2.33. The molecule has 17 heavy (non-hydrogen) atoms. The number of rotatable bonds is 3. The van der Waals surface area contributed by atoms with E-state index in [0.717, 1.165) is 38.3 Å². The summed E-state index contributed by atoms with van der Waals surface area (Å²) in [4.78, 5) is 2.40. The molecule has 0 spiro atoms. The van der Waals surface area contributed by atoms with Crippen molar-refractivity contribution in [3.05, 3.63) is 29.3 Å². The van der Waals surface area contributed by atoms with Gasteiger partial charge >= 0.3 is 0 Å². The van der Waals surface area contributed by atoms with E-state index in [1.165, 1.54) is 5.56 Å². The van der Waals surface area contributed by atoms with E-state index in [9.17, 15) is 5.11 Å². The van der Waals surface area contributed by atoms with Gasteiger partial charge in [0.1, 0.15) is 5.75 Å². The maximum atomic E-state index is 9.87. The average molecular weight is 235 g/mol. The lowest BCUT2D eigenvalue weighted by atomic mass is 10.1. The smallest absolute Gasteiger partial charge is 0.120 e. The zero-order chi connectivity index (χ0) is 12.3. The van der Waals surface area contributed by atoms with Crippen LogP contribution in [0.2, 0.25) is 0 Å². The zero-order valence-electron chi connectivity index (χ0n) is 10.6. The van der Waals surface area contributed by atoms with E-state index in [1.807, 2.05) is 6.07 Å². The summed E-state index contributed by atoms with van der Waals surface area (Å²) < 4.78 is 5.49. The summed E-state index contributed by atoms with van der Waals surface area (Å²) >= 11 is 0. The molecule has 1 aliphatic rings. The monoisotopic (exact) mass is 235 g/mol. The van der Waals surface area contributed by atoms with Gasteiger partial charge in [0.2, 0.25) is 0 Å². The number of nitrogens with zero attached hydrogens (tertiary/aromatic N) is 1. The third-order valence-corrected chi connectivity index (χ3v) is 3.43. The number of morpholine rings is 1. The Labute approximate surface area is 103 Å². The molecule has 1 N–H and O–H groups in total. The summed E-state index contributed by atoms with van der Waals surface area (Å²) in [7, 11) is 0. The first-order chi connectivity index (χ1) is 8.20. The molecular formula is C14H21NO2. The largest absolute Gasteiger partial charge is 0.508 e. The molecule has 1 fully saturated rings. The molecule has 0 saturated carbocycles. The van der Waals surface area contributed by atoms with Crippen molar-refractivity contribution in [2.75, 3.05) is 19.8 Å². The van der Waals surface area contributed by atoms with E-state index < -0.39 is 0 Å². The number of hydrogen-bond acceptors (Lipinski definition) is 3. The highest BCUT2D eigenvalue weighted by Crippen LogP contribution is 2.22. The van der Waals surface area contributed by atoms with E-state index >= 15 is 0 Å². The topological polar surface area (TPSA) is 32.7 Å². The van der Waals surface area contributed by atoms with Gasteiger partial charge < -0.3 is 9.84 Å². The molecule has 94 valence electrons. The van der Waals surface area contributed by atoms with E-state index in [-0.39, 0.29) is 0 Å². The van der Waals surface area contributed by atoms with Crippen molar-refractivity contribution < 1.29 is 9.84 Å². The Balaban J connectivity index is 2.10. The lowest BCUT2D eigenvalue weighted by Gasteiger charge is -2.35. The fraction of sp³-hybridized carbons (Fsp3) is 0.571. The van der Waals surface area contributed by atoms with Crippen molar-refractivity contribution in [3.8, 4) is 5.75 Å². The minimum Gasteiger partial charge on any atom is -0.508 e. The van der Waals surface area contributed by atoms with Crippen LogP contribution in [0, 0.1) is 6.92 Å². The molecule has 0 aliphatic carbocycles. The highest BCUT2D eigenvalue weighted by Gasteiger charge is 2.22. The van der Waals surface area contributed by atoms with Gasteiger partial charge in [-0.1, -0.05) is 24.6 Å². The molecule has 0 bridgehead atoms. The molecule has 0 amide bonds. The van der Waals surface area contributed by atoms with E-state index in [1.54, 1.807) is 6.07 Å². The fourth-order valence-electron chi connectivity index (χ4n) is 2.33. The molecule has 1 aromatic rings. The van der Waals surface area contributed by atoms with Gasteiger partial charge in [0.05, 0.1) is 13.2 Å². The highest BCUT2D eigenvalue weighted by atomic mass is 16.5. The molecule has 2 rings (SSSR count). The minimum absolute atomic E-state index is 0.400. The molecular weight excluding hydrogens is 214 g/mol. The zero-order valence-corrected chi connectivity index (χ0v) is 10.6. The number of benzene rings is 1. The van der Waals surface area contributed by atoms with Gasteiger partial charge in [-0.2, -0.15) is 0 Å². The quantitative estimate of drug-likeness (QED) is 0.872. The predicted molar refractivity (Wildman–Crippen MR) is 68.2 cm³/mol. The Morgan fingerprint density at radius 1 is 1.47 bits per heavy atom. The van der Waals surface area contributed by atoms with Crippen molar-refractivity contribution in [2.45, 2.75) is 32.9 Å². The number of ether oxygens (including phenoxy) is 1. The molecule has 1 aromatic carbocycles. The van der Waals surface area contributed by atoms with Crippen LogP contribution >= 0.6 is 0 Å². The SMILES string of the molecule is CCC1COCCN1Cc1cc(C)ccc1O. The standard InChI is InChI=1S/C14H21NO2/c1-3-13-10-17-7-6-15(13)9-12-8-11(2)4-5-14(12)16/h4-5,8,13,16H,3,6-7,9-10H2,1-2H3. The Bertz CT molecular complexity index is 378. The lowest BCUT2D eigenvalue weighted by molar-refractivity contribution is -0.0130. The van der Waals surface area contributed by atoms with Crippen LogP contribution in [0.3, 0.4) is 0 Å². The molecule has 3 heteroatoms. The summed E-state index contributed by atoms with van der Waals surface area (Å²) in [5.41, 5.74) is 2.21. The first-order valence-electron chi connectivity index (χ1n) is 6.31. The van der Waals surface area contributed by atoms with Crippen LogP contribution in [0.4, 0.5) is 0 Å². The third-order valence-electron chi connectivity index (χ3n) is 3.43. The average Bonchev–Trinajstić information content (AvgIpc) is 2.34. The van der Waals surface area contributed by atoms with Crippen molar-refractivity contribution in [1.82, 2.24) is 4.90 Å². The maximum Gasteiger partial charge on any atom is 0.120 e.